The largest absolute Gasteiger partial charge is 0.233 e. The molecule has 0 aromatic rings. The standard InChI is InChI=1S/C3H8BCl/c1-2-3-4-5/h4H,2-3H2,1H3. The Bertz CT molecular complexity index is 14.4. The van der Waals surface area contributed by atoms with E-state index in [1.165, 1.54) is 6.42 Å². The molecule has 0 fully saturated rings. The summed E-state index contributed by atoms with van der Waals surface area (Å²) in [6, 6.07) is 0. The summed E-state index contributed by atoms with van der Waals surface area (Å²) in [6.45, 7) is 2.94. The predicted octanol–water partition coefficient (Wildman–Crippen LogP) is 1.41. The second-order valence-electron chi connectivity index (χ2n) is 1.04. The van der Waals surface area contributed by atoms with Gasteiger partial charge in [-0.05, 0) is 0 Å². The molecule has 0 bridgehead atoms. The van der Waals surface area contributed by atoms with E-state index in [9.17, 15) is 0 Å². The molecule has 0 nitrogen and oxygen atoms in total. The summed E-state index contributed by atoms with van der Waals surface area (Å²) in [6.07, 6.45) is 2.37. The SMILES string of the molecule is CCCBCl. The molecule has 0 aromatic carbocycles. The second-order valence-corrected chi connectivity index (χ2v) is 1.42. The number of halogens is 1. The van der Waals surface area contributed by atoms with Gasteiger partial charge in [-0.25, -0.2) is 11.5 Å². The molecule has 2 heteroatoms. The van der Waals surface area contributed by atoms with Crippen LogP contribution in [0, 0.1) is 0 Å². The third kappa shape index (κ3) is 4.35. The van der Waals surface area contributed by atoms with Gasteiger partial charge >= 0.3 is 0 Å². The minimum atomic E-state index is 0.816. The number of rotatable bonds is 2. The van der Waals surface area contributed by atoms with E-state index >= 15 is 0 Å². The van der Waals surface area contributed by atoms with Gasteiger partial charge in [-0.15, -0.1) is 0 Å². The van der Waals surface area contributed by atoms with Crippen LogP contribution in [0.5, 0.6) is 0 Å². The molecule has 0 N–H and O–H groups in total. The molecule has 0 aliphatic rings. The van der Waals surface area contributed by atoms with Crippen LogP contribution in [-0.2, 0) is 0 Å². The summed E-state index contributed by atoms with van der Waals surface area (Å²) in [5.74, 6) is 0. The fraction of sp³-hybridized carbons (Fsp3) is 1.00. The van der Waals surface area contributed by atoms with Crippen molar-refractivity contribution in [2.45, 2.75) is 19.7 Å². The van der Waals surface area contributed by atoms with Crippen LogP contribution in [0.3, 0.4) is 0 Å². The van der Waals surface area contributed by atoms with Crippen molar-refractivity contribution in [3.05, 3.63) is 0 Å². The van der Waals surface area contributed by atoms with Crippen molar-refractivity contribution in [2.24, 2.45) is 0 Å². The van der Waals surface area contributed by atoms with Crippen molar-refractivity contribution in [2.75, 3.05) is 0 Å². The molecule has 30 valence electrons. The lowest BCUT2D eigenvalue weighted by Crippen LogP contribution is -1.69. The van der Waals surface area contributed by atoms with Crippen molar-refractivity contribution in [1.82, 2.24) is 0 Å². The van der Waals surface area contributed by atoms with E-state index in [-0.39, 0.29) is 0 Å². The van der Waals surface area contributed by atoms with Crippen LogP contribution >= 0.6 is 11.5 Å². The molecule has 0 aliphatic carbocycles. The summed E-state index contributed by atoms with van der Waals surface area (Å²) < 4.78 is 0. The third-order valence-corrected chi connectivity index (χ3v) is 0.754. The zero-order valence-corrected chi connectivity index (χ0v) is 4.26. The van der Waals surface area contributed by atoms with Gasteiger partial charge in [0.1, 0.15) is 0 Å². The molecule has 5 heavy (non-hydrogen) atoms. The Balaban J connectivity index is 2.19. The van der Waals surface area contributed by atoms with Gasteiger partial charge in [-0.2, -0.15) is 0 Å². The Morgan fingerprint density at radius 2 is 2.40 bits per heavy atom. The summed E-state index contributed by atoms with van der Waals surface area (Å²) in [4.78, 5) is 0. The van der Waals surface area contributed by atoms with Crippen molar-refractivity contribution >= 4 is 18.2 Å². The molecule has 0 rings (SSSR count). The van der Waals surface area contributed by atoms with Gasteiger partial charge in [0.05, 0.1) is 0 Å². The first-order chi connectivity index (χ1) is 2.41. The van der Waals surface area contributed by atoms with Gasteiger partial charge in [-0.1, -0.05) is 19.7 Å². The third-order valence-electron chi connectivity index (χ3n) is 0.487. The predicted molar refractivity (Wildman–Crippen MR) is 28.1 cm³/mol. The fourth-order valence-corrected chi connectivity index (χ4v) is 0.401. The molecule has 0 saturated carbocycles. The van der Waals surface area contributed by atoms with E-state index in [4.69, 9.17) is 11.5 Å². The maximum atomic E-state index is 5.30. The Hall–Kier alpha value is 0.355. The minimum absolute atomic E-state index is 0.816. The highest BCUT2D eigenvalue weighted by molar-refractivity contribution is 6.93. The molecule has 0 amide bonds. The van der Waals surface area contributed by atoms with E-state index in [2.05, 4.69) is 6.92 Å². The summed E-state index contributed by atoms with van der Waals surface area (Å²) in [7, 11) is 0. The molecule has 0 radical (unpaired) electrons. The van der Waals surface area contributed by atoms with Crippen LogP contribution in [0.4, 0.5) is 0 Å². The lowest BCUT2D eigenvalue weighted by atomic mass is 10.0. The Labute approximate surface area is 38.7 Å². The average Bonchev–Trinajstić information content (AvgIpc) is 1.41. The molecule has 0 atom stereocenters. The maximum Gasteiger partial charge on any atom is 0.233 e. The van der Waals surface area contributed by atoms with Crippen molar-refractivity contribution < 1.29 is 0 Å². The first-order valence-corrected chi connectivity index (χ1v) is 2.51. The minimum Gasteiger partial charge on any atom is -0.201 e. The van der Waals surface area contributed by atoms with E-state index in [0.29, 0.717) is 0 Å². The van der Waals surface area contributed by atoms with Gasteiger partial charge in [0.25, 0.3) is 0 Å². The summed E-state index contributed by atoms with van der Waals surface area (Å²) >= 11 is 5.30. The molecular formula is C3H8BCl. The summed E-state index contributed by atoms with van der Waals surface area (Å²) in [5, 5.41) is 0. The topological polar surface area (TPSA) is 0 Å². The second kappa shape index (κ2) is 4.35. The molecule has 0 saturated heterocycles. The van der Waals surface area contributed by atoms with Crippen LogP contribution < -0.4 is 0 Å². The van der Waals surface area contributed by atoms with Gasteiger partial charge in [0.2, 0.25) is 6.69 Å². The molecular weight excluding hydrogens is 82.3 g/mol. The highest BCUT2D eigenvalue weighted by Gasteiger charge is 1.74. The van der Waals surface area contributed by atoms with E-state index in [1.54, 1.807) is 0 Å². The molecule has 0 unspecified atom stereocenters. The Morgan fingerprint density at radius 1 is 1.80 bits per heavy atom. The molecule has 0 heterocycles. The van der Waals surface area contributed by atoms with Crippen molar-refractivity contribution in [3.63, 3.8) is 0 Å². The quantitative estimate of drug-likeness (QED) is 0.450. The highest BCUT2D eigenvalue weighted by atomic mass is 35.5. The van der Waals surface area contributed by atoms with Crippen LogP contribution in [0.25, 0.3) is 0 Å². The van der Waals surface area contributed by atoms with E-state index < -0.39 is 0 Å². The van der Waals surface area contributed by atoms with Crippen molar-refractivity contribution in [3.8, 4) is 0 Å². The van der Waals surface area contributed by atoms with Crippen LogP contribution in [-0.4, -0.2) is 6.69 Å². The van der Waals surface area contributed by atoms with Gasteiger partial charge in [0.15, 0.2) is 0 Å². The average molecular weight is 90.4 g/mol. The van der Waals surface area contributed by atoms with Crippen LogP contribution in [0.15, 0.2) is 0 Å². The van der Waals surface area contributed by atoms with E-state index in [0.717, 1.165) is 13.0 Å². The lowest BCUT2D eigenvalue weighted by molar-refractivity contribution is 1.08. The molecule has 0 aromatic heterocycles. The monoisotopic (exact) mass is 90.0 g/mol. The Morgan fingerprint density at radius 3 is 2.40 bits per heavy atom. The summed E-state index contributed by atoms with van der Waals surface area (Å²) in [5.41, 5.74) is 0. The highest BCUT2D eigenvalue weighted by Crippen LogP contribution is 1.85. The van der Waals surface area contributed by atoms with Crippen LogP contribution in [0.2, 0.25) is 6.32 Å². The zero-order valence-electron chi connectivity index (χ0n) is 3.50. The first-order valence-electron chi connectivity index (χ1n) is 1.97. The fourth-order valence-electron chi connectivity index (χ4n) is 0.134. The smallest absolute Gasteiger partial charge is 0.201 e. The zero-order chi connectivity index (χ0) is 4.12. The number of hydrogen-bond acceptors (Lipinski definition) is 0. The van der Waals surface area contributed by atoms with Gasteiger partial charge < -0.3 is 0 Å². The normalized spacial score (nSPS) is 7.60. The molecule has 0 aliphatic heterocycles. The number of hydrogen-bond donors (Lipinski definition) is 0. The molecule has 0 spiro atoms. The maximum absolute atomic E-state index is 5.30. The van der Waals surface area contributed by atoms with Crippen molar-refractivity contribution in [1.29, 1.82) is 0 Å². The van der Waals surface area contributed by atoms with E-state index in [1.807, 2.05) is 0 Å². The first kappa shape index (κ1) is 5.35. The lowest BCUT2D eigenvalue weighted by Gasteiger charge is -1.74. The van der Waals surface area contributed by atoms with Gasteiger partial charge in [-0.3, -0.25) is 0 Å². The van der Waals surface area contributed by atoms with Gasteiger partial charge in [0, 0.05) is 0 Å². The Kier molecular flexibility index (Phi) is 4.66. The van der Waals surface area contributed by atoms with Crippen LogP contribution in [0.1, 0.15) is 13.3 Å².